The molecular weight excluding hydrogens is 490 g/mol. The van der Waals surface area contributed by atoms with Gasteiger partial charge in [0.1, 0.15) is 17.5 Å². The molecule has 4 aromatic carbocycles. The Morgan fingerprint density at radius 2 is 1.23 bits per heavy atom. The molecule has 0 bridgehead atoms. The van der Waals surface area contributed by atoms with Gasteiger partial charge in [-0.25, -0.2) is 0 Å². The van der Waals surface area contributed by atoms with Crippen LogP contribution in [0.15, 0.2) is 115 Å². The molecule has 0 aliphatic carbocycles. The summed E-state index contributed by atoms with van der Waals surface area (Å²) in [5, 5.41) is 2.78. The van der Waals surface area contributed by atoms with Crippen molar-refractivity contribution >= 4 is 17.5 Å². The first kappa shape index (κ1) is 27.5. The van der Waals surface area contributed by atoms with Crippen LogP contribution < -0.4 is 10.1 Å². The van der Waals surface area contributed by atoms with E-state index in [1.54, 1.807) is 24.3 Å². The minimum Gasteiger partial charge on any atom is -0.457 e. The van der Waals surface area contributed by atoms with Gasteiger partial charge in [-0.2, -0.15) is 0 Å². The Bertz CT molecular complexity index is 1340. The zero-order valence-corrected chi connectivity index (χ0v) is 21.6. The molecule has 0 aromatic heterocycles. The number of para-hydroxylation sites is 1. The highest BCUT2D eigenvalue weighted by atomic mass is 16.5. The SMILES string of the molecule is O=C(CCC(=O)c1ccccc1)NC(COCc1ccccc1)C(=O)Cc1ccc(Oc2ccccc2)cc1. The van der Waals surface area contributed by atoms with E-state index in [0.29, 0.717) is 17.9 Å². The lowest BCUT2D eigenvalue weighted by Crippen LogP contribution is -2.44. The summed E-state index contributed by atoms with van der Waals surface area (Å²) in [4.78, 5) is 38.3. The van der Waals surface area contributed by atoms with Crippen molar-refractivity contribution in [2.24, 2.45) is 0 Å². The molecule has 0 spiro atoms. The first-order valence-corrected chi connectivity index (χ1v) is 12.9. The fraction of sp³-hybridized carbons (Fsp3) is 0.182. The number of Topliss-reactive ketones (excluding diaryl/α,β-unsaturated/α-hetero) is 2. The molecule has 0 aliphatic rings. The van der Waals surface area contributed by atoms with E-state index >= 15 is 0 Å². The number of carbonyl (C=O) groups excluding carboxylic acids is 3. The maximum atomic E-state index is 13.2. The van der Waals surface area contributed by atoms with Crippen LogP contribution in [0.2, 0.25) is 0 Å². The summed E-state index contributed by atoms with van der Waals surface area (Å²) in [6.07, 6.45) is 0.167. The summed E-state index contributed by atoms with van der Waals surface area (Å²) in [6.45, 7) is 0.347. The van der Waals surface area contributed by atoms with Gasteiger partial charge in [0, 0.05) is 24.8 Å². The number of rotatable bonds is 14. The second-order valence-corrected chi connectivity index (χ2v) is 9.11. The van der Waals surface area contributed by atoms with Gasteiger partial charge in [0.2, 0.25) is 5.91 Å². The first-order valence-electron chi connectivity index (χ1n) is 12.9. The third kappa shape index (κ3) is 9.05. The predicted molar refractivity (Wildman–Crippen MR) is 150 cm³/mol. The maximum absolute atomic E-state index is 13.2. The molecule has 0 aliphatic heterocycles. The number of ether oxygens (including phenoxy) is 2. The average molecular weight is 522 g/mol. The van der Waals surface area contributed by atoms with Crippen LogP contribution in [0.3, 0.4) is 0 Å². The molecule has 1 N–H and O–H groups in total. The highest BCUT2D eigenvalue weighted by molar-refractivity contribution is 5.98. The van der Waals surface area contributed by atoms with Crippen LogP contribution in [-0.4, -0.2) is 30.1 Å². The molecule has 1 atom stereocenters. The van der Waals surface area contributed by atoms with Crippen LogP contribution in [0.25, 0.3) is 0 Å². The van der Waals surface area contributed by atoms with E-state index in [1.165, 1.54) is 0 Å². The lowest BCUT2D eigenvalue weighted by atomic mass is 10.0. The highest BCUT2D eigenvalue weighted by Crippen LogP contribution is 2.21. The lowest BCUT2D eigenvalue weighted by Gasteiger charge is -2.18. The van der Waals surface area contributed by atoms with Gasteiger partial charge in [-0.1, -0.05) is 91.0 Å². The van der Waals surface area contributed by atoms with Crippen molar-refractivity contribution < 1.29 is 23.9 Å². The highest BCUT2D eigenvalue weighted by Gasteiger charge is 2.22. The third-order valence-electron chi connectivity index (χ3n) is 6.08. The minimum absolute atomic E-state index is 0.0122. The quantitative estimate of drug-likeness (QED) is 0.207. The Morgan fingerprint density at radius 3 is 1.90 bits per heavy atom. The van der Waals surface area contributed by atoms with E-state index < -0.39 is 6.04 Å². The van der Waals surface area contributed by atoms with Crippen molar-refractivity contribution in [2.75, 3.05) is 6.61 Å². The van der Waals surface area contributed by atoms with E-state index in [1.807, 2.05) is 91.0 Å². The number of benzene rings is 4. The second kappa shape index (κ2) is 14.4. The topological polar surface area (TPSA) is 81.7 Å². The monoisotopic (exact) mass is 521 g/mol. The van der Waals surface area contributed by atoms with Gasteiger partial charge >= 0.3 is 0 Å². The van der Waals surface area contributed by atoms with Crippen molar-refractivity contribution in [3.05, 3.63) is 132 Å². The van der Waals surface area contributed by atoms with E-state index in [0.717, 1.165) is 16.9 Å². The normalized spacial score (nSPS) is 11.4. The minimum atomic E-state index is -0.840. The molecule has 0 heterocycles. The molecule has 198 valence electrons. The van der Waals surface area contributed by atoms with Crippen molar-refractivity contribution in [1.29, 1.82) is 0 Å². The van der Waals surface area contributed by atoms with Crippen molar-refractivity contribution in [3.8, 4) is 11.5 Å². The molecule has 0 fully saturated rings. The predicted octanol–water partition coefficient (Wildman–Crippen LogP) is 5.96. The Morgan fingerprint density at radius 1 is 0.641 bits per heavy atom. The average Bonchev–Trinajstić information content (AvgIpc) is 2.98. The van der Waals surface area contributed by atoms with Gasteiger partial charge in [0.15, 0.2) is 11.6 Å². The Hall–Kier alpha value is -4.55. The molecule has 0 saturated carbocycles. The standard InChI is InChI=1S/C33H31NO5/c35-31(27-12-6-2-7-13-27)20-21-33(37)34-30(24-38-23-26-10-4-1-5-11-26)32(36)22-25-16-18-29(19-17-25)39-28-14-8-3-9-15-28/h1-19,30H,20-24H2,(H,34,37). The lowest BCUT2D eigenvalue weighted by molar-refractivity contribution is -0.129. The second-order valence-electron chi connectivity index (χ2n) is 9.11. The van der Waals surface area contributed by atoms with Gasteiger partial charge in [-0.3, -0.25) is 14.4 Å². The van der Waals surface area contributed by atoms with Gasteiger partial charge in [0.05, 0.1) is 13.2 Å². The van der Waals surface area contributed by atoms with Crippen LogP contribution in [0.5, 0.6) is 11.5 Å². The number of hydrogen-bond acceptors (Lipinski definition) is 5. The molecule has 0 radical (unpaired) electrons. The van der Waals surface area contributed by atoms with Crippen molar-refractivity contribution in [2.45, 2.75) is 31.9 Å². The van der Waals surface area contributed by atoms with Crippen LogP contribution in [-0.2, 0) is 27.4 Å². The fourth-order valence-corrected chi connectivity index (χ4v) is 3.97. The fourth-order valence-electron chi connectivity index (χ4n) is 3.97. The summed E-state index contributed by atoms with van der Waals surface area (Å²) in [7, 11) is 0. The molecule has 6 nitrogen and oxygen atoms in total. The molecule has 6 heteroatoms. The van der Waals surface area contributed by atoms with E-state index in [9.17, 15) is 14.4 Å². The molecule has 0 saturated heterocycles. The number of amides is 1. The van der Waals surface area contributed by atoms with Gasteiger partial charge < -0.3 is 14.8 Å². The summed E-state index contributed by atoms with van der Waals surface area (Å²) in [5.74, 6) is 0.726. The number of nitrogens with one attached hydrogen (secondary N) is 1. The van der Waals surface area contributed by atoms with Crippen LogP contribution in [0.1, 0.15) is 34.3 Å². The number of carbonyl (C=O) groups is 3. The van der Waals surface area contributed by atoms with Crippen molar-refractivity contribution in [1.82, 2.24) is 5.32 Å². The Kier molecular flexibility index (Phi) is 10.2. The summed E-state index contributed by atoms with van der Waals surface area (Å²) >= 11 is 0. The van der Waals surface area contributed by atoms with Crippen LogP contribution in [0, 0.1) is 0 Å². The summed E-state index contributed by atoms with van der Waals surface area (Å²) < 4.78 is 11.6. The van der Waals surface area contributed by atoms with Crippen LogP contribution >= 0.6 is 0 Å². The van der Waals surface area contributed by atoms with Crippen LogP contribution in [0.4, 0.5) is 0 Å². The first-order chi connectivity index (χ1) is 19.1. The Labute approximate surface area is 228 Å². The molecule has 39 heavy (non-hydrogen) atoms. The number of hydrogen-bond donors (Lipinski definition) is 1. The molecule has 4 rings (SSSR count). The molecule has 1 unspecified atom stereocenters. The molecule has 4 aromatic rings. The number of ketones is 2. The van der Waals surface area contributed by atoms with Gasteiger partial charge in [-0.15, -0.1) is 0 Å². The van der Waals surface area contributed by atoms with E-state index in [4.69, 9.17) is 9.47 Å². The summed E-state index contributed by atoms with van der Waals surface area (Å²) in [6, 6.07) is 34.4. The zero-order chi connectivity index (χ0) is 27.3. The molecule has 1 amide bonds. The third-order valence-corrected chi connectivity index (χ3v) is 6.08. The summed E-state index contributed by atoms with van der Waals surface area (Å²) in [5.41, 5.74) is 2.32. The molecular formula is C33H31NO5. The Balaban J connectivity index is 1.35. The maximum Gasteiger partial charge on any atom is 0.221 e. The van der Waals surface area contributed by atoms with Gasteiger partial charge in [0.25, 0.3) is 0 Å². The van der Waals surface area contributed by atoms with E-state index in [-0.39, 0.29) is 43.3 Å². The van der Waals surface area contributed by atoms with Gasteiger partial charge in [-0.05, 0) is 35.4 Å². The largest absolute Gasteiger partial charge is 0.457 e. The van der Waals surface area contributed by atoms with Crippen molar-refractivity contribution in [3.63, 3.8) is 0 Å². The zero-order valence-electron chi connectivity index (χ0n) is 21.6. The van der Waals surface area contributed by atoms with E-state index in [2.05, 4.69) is 5.32 Å². The smallest absolute Gasteiger partial charge is 0.221 e.